The van der Waals surface area contributed by atoms with Gasteiger partial charge in [-0.15, -0.1) is 10.2 Å². The Hall–Kier alpha value is -3.19. The summed E-state index contributed by atoms with van der Waals surface area (Å²) in [5.74, 6) is 0.0385. The molecule has 0 saturated heterocycles. The molecule has 0 aliphatic carbocycles. The van der Waals surface area contributed by atoms with Gasteiger partial charge >= 0.3 is 5.97 Å². The number of ether oxygens (including phenoxy) is 1. The van der Waals surface area contributed by atoms with Crippen molar-refractivity contribution in [3.63, 3.8) is 0 Å². The van der Waals surface area contributed by atoms with Crippen LogP contribution < -0.4 is 10.6 Å². The zero-order valence-electron chi connectivity index (χ0n) is 17.1. The van der Waals surface area contributed by atoms with E-state index in [0.29, 0.717) is 17.2 Å². The predicted molar refractivity (Wildman–Crippen MR) is 113 cm³/mol. The van der Waals surface area contributed by atoms with Crippen LogP contribution in [0.25, 0.3) is 10.8 Å². The highest BCUT2D eigenvalue weighted by molar-refractivity contribution is 5.87. The number of esters is 1. The topological polar surface area (TPSA) is 102 Å². The molecule has 1 heterocycles. The Morgan fingerprint density at radius 1 is 1.07 bits per heavy atom. The number of rotatable bonds is 5. The molecule has 0 saturated carbocycles. The summed E-state index contributed by atoms with van der Waals surface area (Å²) in [7, 11) is 1.72. The van der Waals surface area contributed by atoms with Gasteiger partial charge in [0.1, 0.15) is 11.4 Å². The van der Waals surface area contributed by atoms with Crippen molar-refractivity contribution in [1.29, 1.82) is 0 Å². The highest BCUT2D eigenvalue weighted by atomic mass is 16.6. The van der Waals surface area contributed by atoms with Crippen LogP contribution in [0.2, 0.25) is 0 Å². The second-order valence-corrected chi connectivity index (χ2v) is 8.10. The van der Waals surface area contributed by atoms with Crippen LogP contribution in [0.15, 0.2) is 54.6 Å². The fourth-order valence-corrected chi connectivity index (χ4v) is 3.05. The van der Waals surface area contributed by atoms with Gasteiger partial charge in [-0.25, -0.2) is 4.79 Å². The van der Waals surface area contributed by atoms with E-state index in [9.17, 15) is 9.90 Å². The number of anilines is 2. The summed E-state index contributed by atoms with van der Waals surface area (Å²) in [5.41, 5.74) is 3.39. The summed E-state index contributed by atoms with van der Waals surface area (Å²) in [6, 6.07) is 16.5. The van der Waals surface area contributed by atoms with Gasteiger partial charge < -0.3 is 20.5 Å². The van der Waals surface area contributed by atoms with E-state index in [4.69, 9.17) is 10.5 Å². The van der Waals surface area contributed by atoms with E-state index in [2.05, 4.69) is 10.2 Å². The average Bonchev–Trinajstić information content (AvgIpc) is 2.66. The molecule has 152 valence electrons. The largest absolute Gasteiger partial charge is 0.458 e. The minimum absolute atomic E-state index is 0.0706. The second kappa shape index (κ2) is 7.67. The van der Waals surface area contributed by atoms with Crippen LogP contribution in [0.1, 0.15) is 26.3 Å². The third-order valence-corrected chi connectivity index (χ3v) is 4.49. The summed E-state index contributed by atoms with van der Waals surface area (Å²) in [6.07, 6.45) is 0. The summed E-state index contributed by atoms with van der Waals surface area (Å²) in [6.45, 7) is 5.22. The molecule has 1 atom stereocenters. The standard InChI is InChI=1S/C22H26N4O3/c1-21(2,3)29-20(27)22(28,14-26(4)19-12-11-18(23)24-25-19)17-10-9-15-7-5-6-8-16(15)13-17/h5-13,28H,14H2,1-4H3,(H2,23,24). The first-order valence-electron chi connectivity index (χ1n) is 9.34. The Kier molecular flexibility index (Phi) is 5.44. The third-order valence-electron chi connectivity index (χ3n) is 4.49. The van der Waals surface area contributed by atoms with Crippen molar-refractivity contribution in [3.8, 4) is 0 Å². The van der Waals surface area contributed by atoms with Gasteiger partial charge in [0.2, 0.25) is 5.60 Å². The molecule has 0 bridgehead atoms. The molecule has 0 amide bonds. The maximum Gasteiger partial charge on any atom is 0.345 e. The highest BCUT2D eigenvalue weighted by Crippen LogP contribution is 2.30. The lowest BCUT2D eigenvalue weighted by Gasteiger charge is -2.34. The fraction of sp³-hybridized carbons (Fsp3) is 0.318. The van der Waals surface area contributed by atoms with E-state index < -0.39 is 17.2 Å². The number of nitrogens with two attached hydrogens (primary N) is 1. The number of nitrogens with zero attached hydrogens (tertiary/aromatic N) is 3. The number of aliphatic hydroxyl groups is 1. The molecule has 7 heteroatoms. The Morgan fingerprint density at radius 2 is 1.76 bits per heavy atom. The van der Waals surface area contributed by atoms with Gasteiger partial charge in [-0.2, -0.15) is 0 Å². The number of carbonyl (C=O) groups excluding carboxylic acids is 1. The van der Waals surface area contributed by atoms with Crippen LogP contribution in [0.3, 0.4) is 0 Å². The highest BCUT2D eigenvalue weighted by Gasteiger charge is 2.43. The van der Waals surface area contributed by atoms with E-state index in [-0.39, 0.29) is 6.54 Å². The molecule has 3 rings (SSSR count). The third kappa shape index (κ3) is 4.63. The molecule has 0 fully saturated rings. The van der Waals surface area contributed by atoms with Crippen LogP contribution in [-0.2, 0) is 15.1 Å². The number of fused-ring (bicyclic) bond motifs is 1. The molecule has 0 radical (unpaired) electrons. The Balaban J connectivity index is 2.02. The zero-order valence-corrected chi connectivity index (χ0v) is 17.1. The molecule has 7 nitrogen and oxygen atoms in total. The minimum Gasteiger partial charge on any atom is -0.458 e. The molecule has 0 aliphatic heterocycles. The first kappa shape index (κ1) is 20.5. The molecule has 0 spiro atoms. The number of benzene rings is 2. The average molecular weight is 394 g/mol. The fourth-order valence-electron chi connectivity index (χ4n) is 3.05. The van der Waals surface area contributed by atoms with Gasteiger partial charge in [-0.3, -0.25) is 0 Å². The van der Waals surface area contributed by atoms with Crippen LogP contribution >= 0.6 is 0 Å². The van der Waals surface area contributed by atoms with Crippen molar-refractivity contribution in [3.05, 3.63) is 60.2 Å². The SMILES string of the molecule is CN(CC(O)(C(=O)OC(C)(C)C)c1ccc2ccccc2c1)c1ccc(N)nn1. The van der Waals surface area contributed by atoms with E-state index in [1.54, 1.807) is 50.9 Å². The summed E-state index contributed by atoms with van der Waals surface area (Å²) >= 11 is 0. The molecule has 1 aromatic heterocycles. The van der Waals surface area contributed by atoms with E-state index in [1.807, 2.05) is 36.4 Å². The van der Waals surface area contributed by atoms with Gasteiger partial charge in [0.15, 0.2) is 5.82 Å². The Labute approximate surface area is 170 Å². The van der Waals surface area contributed by atoms with E-state index >= 15 is 0 Å². The number of aromatic nitrogens is 2. The van der Waals surface area contributed by atoms with Crippen molar-refractivity contribution in [2.24, 2.45) is 0 Å². The van der Waals surface area contributed by atoms with Crippen molar-refractivity contribution >= 4 is 28.4 Å². The van der Waals surface area contributed by atoms with Crippen LogP contribution in [0.5, 0.6) is 0 Å². The molecule has 2 aromatic carbocycles. The number of hydrogen-bond acceptors (Lipinski definition) is 7. The molecule has 1 unspecified atom stereocenters. The summed E-state index contributed by atoms with van der Waals surface area (Å²) in [4.78, 5) is 14.7. The lowest BCUT2D eigenvalue weighted by atomic mass is 9.91. The first-order valence-corrected chi connectivity index (χ1v) is 9.34. The maximum atomic E-state index is 13.1. The van der Waals surface area contributed by atoms with Crippen molar-refractivity contribution in [1.82, 2.24) is 10.2 Å². The van der Waals surface area contributed by atoms with Crippen molar-refractivity contribution < 1.29 is 14.6 Å². The number of likely N-dealkylation sites (N-methyl/N-ethyl adjacent to an activating group) is 1. The van der Waals surface area contributed by atoms with Crippen molar-refractivity contribution in [2.45, 2.75) is 32.0 Å². The molecule has 3 aromatic rings. The molecule has 0 aliphatic rings. The zero-order chi connectivity index (χ0) is 21.2. The monoisotopic (exact) mass is 394 g/mol. The van der Waals surface area contributed by atoms with E-state index in [0.717, 1.165) is 10.8 Å². The van der Waals surface area contributed by atoms with Gasteiger partial charge in [0.05, 0.1) is 6.54 Å². The number of hydrogen-bond donors (Lipinski definition) is 2. The van der Waals surface area contributed by atoms with Crippen LogP contribution in [-0.4, -0.2) is 40.5 Å². The Bertz CT molecular complexity index is 1010. The Morgan fingerprint density at radius 3 is 2.38 bits per heavy atom. The molecular formula is C22H26N4O3. The summed E-state index contributed by atoms with van der Waals surface area (Å²) in [5, 5.41) is 21.4. The van der Waals surface area contributed by atoms with Crippen molar-refractivity contribution in [2.75, 3.05) is 24.2 Å². The maximum absolute atomic E-state index is 13.1. The second-order valence-electron chi connectivity index (χ2n) is 8.10. The van der Waals surface area contributed by atoms with Crippen LogP contribution in [0.4, 0.5) is 11.6 Å². The lowest BCUT2D eigenvalue weighted by molar-refractivity contribution is -0.177. The lowest BCUT2D eigenvalue weighted by Crippen LogP contribution is -2.48. The molecule has 3 N–H and O–H groups in total. The predicted octanol–water partition coefficient (Wildman–Crippen LogP) is 2.88. The van der Waals surface area contributed by atoms with Gasteiger partial charge in [0.25, 0.3) is 0 Å². The van der Waals surface area contributed by atoms with Gasteiger partial charge in [0, 0.05) is 7.05 Å². The molecular weight excluding hydrogens is 368 g/mol. The first-order chi connectivity index (χ1) is 13.6. The smallest absolute Gasteiger partial charge is 0.345 e. The van der Waals surface area contributed by atoms with Gasteiger partial charge in [-0.1, -0.05) is 36.4 Å². The van der Waals surface area contributed by atoms with E-state index in [1.165, 1.54) is 0 Å². The minimum atomic E-state index is -1.91. The quantitative estimate of drug-likeness (QED) is 0.642. The molecule has 29 heavy (non-hydrogen) atoms. The number of nitrogen functional groups attached to an aromatic ring is 1. The summed E-state index contributed by atoms with van der Waals surface area (Å²) < 4.78 is 5.55. The van der Waals surface area contributed by atoms with Crippen LogP contribution in [0, 0.1) is 0 Å². The van der Waals surface area contributed by atoms with Gasteiger partial charge in [-0.05, 0) is 55.3 Å². The normalized spacial score (nSPS) is 13.7. The number of carbonyl (C=O) groups is 1.